The van der Waals surface area contributed by atoms with Crippen LogP contribution in [0.3, 0.4) is 0 Å². The molecule has 2 aromatic rings. The summed E-state index contributed by atoms with van der Waals surface area (Å²) in [7, 11) is 0. The molecule has 0 bridgehead atoms. The van der Waals surface area contributed by atoms with Gasteiger partial charge >= 0.3 is 5.97 Å². The van der Waals surface area contributed by atoms with E-state index in [0.717, 1.165) is 11.4 Å². The first-order valence-electron chi connectivity index (χ1n) is 5.74. The van der Waals surface area contributed by atoms with Crippen LogP contribution in [0.1, 0.15) is 34.8 Å². The number of carboxylic acid groups (broad SMARTS) is 1. The van der Waals surface area contributed by atoms with Crippen LogP contribution >= 0.6 is 11.6 Å². The lowest BCUT2D eigenvalue weighted by atomic mass is 10.2. The Hall–Kier alpha value is -1.81. The van der Waals surface area contributed by atoms with Crippen LogP contribution < -0.4 is 0 Å². The zero-order valence-electron chi connectivity index (χ0n) is 9.51. The van der Waals surface area contributed by atoms with Crippen LogP contribution in [0.5, 0.6) is 0 Å². The molecule has 0 amide bonds. The van der Waals surface area contributed by atoms with Gasteiger partial charge in [0.1, 0.15) is 0 Å². The van der Waals surface area contributed by atoms with E-state index in [1.807, 2.05) is 12.3 Å². The Labute approximate surface area is 109 Å². The molecule has 1 fully saturated rings. The molecule has 0 saturated heterocycles. The van der Waals surface area contributed by atoms with E-state index in [4.69, 9.17) is 16.7 Å². The summed E-state index contributed by atoms with van der Waals surface area (Å²) in [5.41, 5.74) is 1.97. The Morgan fingerprint density at radius 1 is 1.39 bits per heavy atom. The maximum absolute atomic E-state index is 10.9. The highest BCUT2D eigenvalue weighted by Gasteiger charge is 2.25. The molecule has 18 heavy (non-hydrogen) atoms. The first kappa shape index (κ1) is 11.3. The van der Waals surface area contributed by atoms with E-state index < -0.39 is 5.97 Å². The number of aromatic carboxylic acids is 1. The lowest BCUT2D eigenvalue weighted by molar-refractivity contribution is 0.0697. The molecule has 0 spiro atoms. The molecule has 1 aliphatic rings. The lowest BCUT2D eigenvalue weighted by Gasteiger charge is -2.04. The van der Waals surface area contributed by atoms with Gasteiger partial charge in [0.05, 0.1) is 22.0 Å². The second-order valence-electron chi connectivity index (χ2n) is 4.43. The molecule has 1 heterocycles. The van der Waals surface area contributed by atoms with Crippen molar-refractivity contribution < 1.29 is 9.90 Å². The smallest absolute Gasteiger partial charge is 0.337 e. The van der Waals surface area contributed by atoms with Gasteiger partial charge in [-0.2, -0.15) is 5.10 Å². The van der Waals surface area contributed by atoms with Crippen LogP contribution in [0.25, 0.3) is 5.69 Å². The third-order valence-corrected chi connectivity index (χ3v) is 3.37. The molecule has 3 rings (SSSR count). The van der Waals surface area contributed by atoms with Gasteiger partial charge in [-0.1, -0.05) is 11.6 Å². The SMILES string of the molecule is O=C(O)c1ccc(-n2ccc(C3CC3)n2)cc1Cl. The highest BCUT2D eigenvalue weighted by atomic mass is 35.5. The standard InChI is InChI=1S/C13H11ClN2O2/c14-11-7-9(3-4-10(11)13(17)18)16-6-5-12(15-16)8-1-2-8/h3-8H,1-2H2,(H,17,18). The first-order valence-corrected chi connectivity index (χ1v) is 6.12. The maximum Gasteiger partial charge on any atom is 0.337 e. The monoisotopic (exact) mass is 262 g/mol. The molecule has 0 unspecified atom stereocenters. The Morgan fingerprint density at radius 2 is 2.17 bits per heavy atom. The maximum atomic E-state index is 10.9. The average molecular weight is 263 g/mol. The summed E-state index contributed by atoms with van der Waals surface area (Å²) >= 11 is 5.93. The summed E-state index contributed by atoms with van der Waals surface area (Å²) in [6.07, 6.45) is 4.28. The van der Waals surface area contributed by atoms with E-state index in [2.05, 4.69) is 5.10 Å². The van der Waals surface area contributed by atoms with Crippen LogP contribution in [0, 0.1) is 0 Å². The van der Waals surface area contributed by atoms with E-state index in [1.165, 1.54) is 18.9 Å². The molecule has 1 aliphatic carbocycles. The number of hydrogen-bond donors (Lipinski definition) is 1. The van der Waals surface area contributed by atoms with E-state index in [-0.39, 0.29) is 10.6 Å². The number of carbonyl (C=O) groups is 1. The van der Waals surface area contributed by atoms with E-state index >= 15 is 0 Å². The van der Waals surface area contributed by atoms with Gasteiger partial charge in [-0.3, -0.25) is 0 Å². The molecule has 0 atom stereocenters. The van der Waals surface area contributed by atoms with Crippen LogP contribution in [-0.2, 0) is 0 Å². The normalized spacial score (nSPS) is 14.7. The zero-order valence-corrected chi connectivity index (χ0v) is 10.3. The van der Waals surface area contributed by atoms with Crippen molar-refractivity contribution in [2.75, 3.05) is 0 Å². The third-order valence-electron chi connectivity index (χ3n) is 3.05. The lowest BCUT2D eigenvalue weighted by Crippen LogP contribution is -2.00. The zero-order chi connectivity index (χ0) is 12.7. The van der Waals surface area contributed by atoms with Crippen molar-refractivity contribution in [3.8, 4) is 5.69 Å². The van der Waals surface area contributed by atoms with Gasteiger partial charge < -0.3 is 5.11 Å². The Morgan fingerprint density at radius 3 is 2.78 bits per heavy atom. The van der Waals surface area contributed by atoms with Crippen molar-refractivity contribution >= 4 is 17.6 Å². The molecule has 4 nitrogen and oxygen atoms in total. The topological polar surface area (TPSA) is 55.1 Å². The number of aromatic nitrogens is 2. The number of hydrogen-bond acceptors (Lipinski definition) is 2. The number of rotatable bonds is 3. The Bertz CT molecular complexity index is 617. The molecule has 1 aromatic heterocycles. The molecule has 1 aromatic carbocycles. The fraction of sp³-hybridized carbons (Fsp3) is 0.231. The van der Waals surface area contributed by atoms with Crippen LogP contribution in [0.4, 0.5) is 0 Å². The molecule has 5 heteroatoms. The minimum Gasteiger partial charge on any atom is -0.478 e. The largest absolute Gasteiger partial charge is 0.478 e. The highest BCUT2D eigenvalue weighted by Crippen LogP contribution is 2.39. The van der Waals surface area contributed by atoms with Crippen LogP contribution in [-0.4, -0.2) is 20.9 Å². The van der Waals surface area contributed by atoms with E-state index in [9.17, 15) is 4.79 Å². The van der Waals surface area contributed by atoms with Gasteiger partial charge in [0.15, 0.2) is 0 Å². The predicted molar refractivity (Wildman–Crippen MR) is 67.5 cm³/mol. The molecular weight excluding hydrogens is 252 g/mol. The quantitative estimate of drug-likeness (QED) is 0.925. The Balaban J connectivity index is 1.95. The minimum absolute atomic E-state index is 0.106. The van der Waals surface area contributed by atoms with E-state index in [0.29, 0.717) is 5.92 Å². The first-order chi connectivity index (χ1) is 8.65. The number of carboxylic acids is 1. The third kappa shape index (κ3) is 1.99. The number of halogens is 1. The Kier molecular flexibility index (Phi) is 2.59. The summed E-state index contributed by atoms with van der Waals surface area (Å²) in [5.74, 6) is -0.425. The second kappa shape index (κ2) is 4.14. The minimum atomic E-state index is -1.02. The predicted octanol–water partition coefficient (Wildman–Crippen LogP) is 3.10. The molecule has 1 saturated carbocycles. The molecule has 0 aliphatic heterocycles. The van der Waals surface area contributed by atoms with Crippen LogP contribution in [0.15, 0.2) is 30.5 Å². The van der Waals surface area contributed by atoms with Gasteiger partial charge in [0.25, 0.3) is 0 Å². The summed E-state index contributed by atoms with van der Waals surface area (Å²) in [6.45, 7) is 0. The van der Waals surface area contributed by atoms with Crippen molar-refractivity contribution in [2.24, 2.45) is 0 Å². The highest BCUT2D eigenvalue weighted by molar-refractivity contribution is 6.33. The summed E-state index contributed by atoms with van der Waals surface area (Å²) in [4.78, 5) is 10.9. The summed E-state index contributed by atoms with van der Waals surface area (Å²) in [6, 6.07) is 6.82. The van der Waals surface area contributed by atoms with Crippen molar-refractivity contribution in [1.82, 2.24) is 9.78 Å². The van der Waals surface area contributed by atoms with Crippen LogP contribution in [0.2, 0.25) is 5.02 Å². The van der Waals surface area contributed by atoms with Crippen molar-refractivity contribution in [2.45, 2.75) is 18.8 Å². The summed E-state index contributed by atoms with van der Waals surface area (Å²) in [5, 5.41) is 13.6. The van der Waals surface area contributed by atoms with E-state index in [1.54, 1.807) is 16.8 Å². The van der Waals surface area contributed by atoms with Gasteiger partial charge in [0, 0.05) is 12.1 Å². The van der Waals surface area contributed by atoms with Gasteiger partial charge in [-0.05, 0) is 37.1 Å². The van der Waals surface area contributed by atoms with Gasteiger partial charge in [-0.15, -0.1) is 0 Å². The van der Waals surface area contributed by atoms with Crippen molar-refractivity contribution in [1.29, 1.82) is 0 Å². The molecule has 1 N–H and O–H groups in total. The summed E-state index contributed by atoms with van der Waals surface area (Å²) < 4.78 is 1.73. The molecular formula is C13H11ClN2O2. The number of nitrogens with zero attached hydrogens (tertiary/aromatic N) is 2. The van der Waals surface area contributed by atoms with Gasteiger partial charge in [0.2, 0.25) is 0 Å². The second-order valence-corrected chi connectivity index (χ2v) is 4.84. The number of benzene rings is 1. The molecule has 0 radical (unpaired) electrons. The van der Waals surface area contributed by atoms with Gasteiger partial charge in [-0.25, -0.2) is 9.48 Å². The average Bonchev–Trinajstić information content (AvgIpc) is 3.06. The van der Waals surface area contributed by atoms with Crippen molar-refractivity contribution in [3.05, 3.63) is 46.7 Å². The fourth-order valence-electron chi connectivity index (χ4n) is 1.90. The molecule has 92 valence electrons. The van der Waals surface area contributed by atoms with Crippen molar-refractivity contribution in [3.63, 3.8) is 0 Å². The fourth-order valence-corrected chi connectivity index (χ4v) is 2.15.